The third-order valence-corrected chi connectivity index (χ3v) is 6.08. The Bertz CT molecular complexity index is 1070. The first kappa shape index (κ1) is 19.6. The molecular formula is C24H24N2O5. The number of esters is 2. The molecule has 2 saturated heterocycles. The second-order valence-corrected chi connectivity index (χ2v) is 8.04. The van der Waals surface area contributed by atoms with Gasteiger partial charge < -0.3 is 24.1 Å². The fourth-order valence-electron chi connectivity index (χ4n) is 4.40. The van der Waals surface area contributed by atoms with E-state index in [1.54, 1.807) is 12.3 Å². The number of ether oxygens (including phenoxy) is 3. The number of carbonyl (C=O) groups is 2. The summed E-state index contributed by atoms with van der Waals surface area (Å²) in [6.07, 6.45) is 4.15. The number of cyclic esters (lactones) is 2. The molecule has 0 spiro atoms. The Morgan fingerprint density at radius 2 is 1.71 bits per heavy atom. The number of H-pyrrole nitrogens is 1. The maximum atomic E-state index is 11.8. The van der Waals surface area contributed by atoms with Crippen LogP contribution in [0.2, 0.25) is 0 Å². The molecule has 2 aliphatic heterocycles. The van der Waals surface area contributed by atoms with Crippen molar-refractivity contribution in [1.29, 1.82) is 0 Å². The van der Waals surface area contributed by atoms with Gasteiger partial charge in [-0.3, -0.25) is 0 Å². The molecule has 0 bridgehead atoms. The normalized spacial score (nSPS) is 19.4. The fourth-order valence-corrected chi connectivity index (χ4v) is 4.40. The van der Waals surface area contributed by atoms with E-state index in [2.05, 4.69) is 34.1 Å². The van der Waals surface area contributed by atoms with Gasteiger partial charge in [0.05, 0.1) is 6.42 Å². The van der Waals surface area contributed by atoms with Crippen LogP contribution in [0.3, 0.4) is 0 Å². The van der Waals surface area contributed by atoms with Crippen LogP contribution in [0.25, 0.3) is 10.9 Å². The summed E-state index contributed by atoms with van der Waals surface area (Å²) in [4.78, 5) is 29.1. The molecule has 2 fully saturated rings. The third-order valence-electron chi connectivity index (χ3n) is 6.08. The molecule has 1 N–H and O–H groups in total. The summed E-state index contributed by atoms with van der Waals surface area (Å²) >= 11 is 0. The van der Waals surface area contributed by atoms with E-state index >= 15 is 0 Å². The Morgan fingerprint density at radius 3 is 2.45 bits per heavy atom. The summed E-state index contributed by atoms with van der Waals surface area (Å²) in [7, 11) is 0. The van der Waals surface area contributed by atoms with Crippen LogP contribution >= 0.6 is 0 Å². The third kappa shape index (κ3) is 4.01. The number of carbonyl (C=O) groups excluding carboxylic acids is 2. The first-order valence-corrected chi connectivity index (χ1v) is 10.6. The van der Waals surface area contributed by atoms with Gasteiger partial charge in [0.15, 0.2) is 0 Å². The zero-order chi connectivity index (χ0) is 21.3. The minimum absolute atomic E-state index is 0.237. The standard InChI is InChI=1S/C24H24N2O5/c27-22-23(28)31-24(30-22,29-21-8-4-7-20-19(21)9-13-25-20)12-16-26-14-10-18(11-15-26)17-5-2-1-3-6-17/h1-9,13,18,25H,10-12,14-16H2. The lowest BCUT2D eigenvalue weighted by molar-refractivity contribution is -0.278. The van der Waals surface area contributed by atoms with E-state index < -0.39 is 17.9 Å². The highest BCUT2D eigenvalue weighted by Crippen LogP contribution is 2.34. The molecule has 0 unspecified atom stereocenters. The number of aromatic amines is 1. The van der Waals surface area contributed by atoms with Crippen molar-refractivity contribution >= 4 is 22.8 Å². The largest absolute Gasteiger partial charge is 0.423 e. The van der Waals surface area contributed by atoms with Crippen molar-refractivity contribution in [3.63, 3.8) is 0 Å². The first-order valence-electron chi connectivity index (χ1n) is 10.6. The van der Waals surface area contributed by atoms with Gasteiger partial charge in [-0.2, -0.15) is 0 Å². The number of aromatic nitrogens is 1. The van der Waals surface area contributed by atoms with Crippen LogP contribution in [0.15, 0.2) is 60.8 Å². The Kier molecular flexibility index (Phi) is 5.11. The Morgan fingerprint density at radius 1 is 0.968 bits per heavy atom. The van der Waals surface area contributed by atoms with Gasteiger partial charge >= 0.3 is 17.9 Å². The molecule has 1 aromatic heterocycles. The SMILES string of the molecule is O=C1OC(CCN2CCC(c3ccccc3)CC2)(Oc2cccc3[nH]ccc23)OC1=O. The fraction of sp³-hybridized carbons (Fsp3) is 0.333. The van der Waals surface area contributed by atoms with Gasteiger partial charge in [0.25, 0.3) is 0 Å². The molecule has 3 aromatic rings. The molecule has 0 amide bonds. The number of benzene rings is 2. The Labute approximate surface area is 179 Å². The number of fused-ring (bicyclic) bond motifs is 1. The van der Waals surface area contributed by atoms with Crippen molar-refractivity contribution in [2.75, 3.05) is 19.6 Å². The zero-order valence-corrected chi connectivity index (χ0v) is 17.1. The topological polar surface area (TPSA) is 80.9 Å². The van der Waals surface area contributed by atoms with Crippen LogP contribution in [-0.4, -0.2) is 47.4 Å². The number of hydrogen-bond donors (Lipinski definition) is 1. The van der Waals surface area contributed by atoms with E-state index in [-0.39, 0.29) is 6.42 Å². The molecule has 2 aliphatic rings. The first-order chi connectivity index (χ1) is 15.1. The van der Waals surface area contributed by atoms with Gasteiger partial charge in [-0.25, -0.2) is 9.59 Å². The van der Waals surface area contributed by atoms with Gasteiger partial charge in [0.2, 0.25) is 0 Å². The highest BCUT2D eigenvalue weighted by atomic mass is 16.9. The number of hydrogen-bond acceptors (Lipinski definition) is 6. The highest BCUT2D eigenvalue weighted by Gasteiger charge is 2.51. The number of rotatable bonds is 6. The molecule has 7 nitrogen and oxygen atoms in total. The summed E-state index contributed by atoms with van der Waals surface area (Å²) in [5.74, 6) is -2.75. The van der Waals surface area contributed by atoms with Crippen LogP contribution in [0, 0.1) is 0 Å². The summed E-state index contributed by atoms with van der Waals surface area (Å²) in [6, 6.07) is 17.9. The van der Waals surface area contributed by atoms with Crippen LogP contribution in [-0.2, 0) is 19.1 Å². The van der Waals surface area contributed by atoms with Gasteiger partial charge in [0.1, 0.15) is 5.75 Å². The summed E-state index contributed by atoms with van der Waals surface area (Å²) < 4.78 is 16.6. The highest BCUT2D eigenvalue weighted by molar-refractivity contribution is 6.31. The van der Waals surface area contributed by atoms with Crippen LogP contribution < -0.4 is 4.74 Å². The molecule has 0 aliphatic carbocycles. The molecule has 0 atom stereocenters. The molecule has 2 aromatic carbocycles. The van der Waals surface area contributed by atoms with Crippen LogP contribution in [0.4, 0.5) is 0 Å². The second kappa shape index (κ2) is 8.07. The molecule has 7 heteroatoms. The summed E-state index contributed by atoms with van der Waals surface area (Å²) in [5, 5.41) is 0.824. The average Bonchev–Trinajstić information content (AvgIpc) is 3.39. The molecular weight excluding hydrogens is 396 g/mol. The number of likely N-dealkylation sites (tertiary alicyclic amines) is 1. The molecule has 5 rings (SSSR count). The van der Waals surface area contributed by atoms with Gasteiger partial charge in [-0.1, -0.05) is 36.4 Å². The summed E-state index contributed by atoms with van der Waals surface area (Å²) in [6.45, 7) is 2.43. The summed E-state index contributed by atoms with van der Waals surface area (Å²) in [5.41, 5.74) is 2.26. The van der Waals surface area contributed by atoms with E-state index in [9.17, 15) is 9.59 Å². The molecule has 160 valence electrons. The predicted molar refractivity (Wildman–Crippen MR) is 113 cm³/mol. The van der Waals surface area contributed by atoms with E-state index in [4.69, 9.17) is 14.2 Å². The molecule has 0 saturated carbocycles. The Balaban J connectivity index is 1.27. The monoisotopic (exact) mass is 420 g/mol. The van der Waals surface area contributed by atoms with E-state index in [1.165, 1.54) is 5.56 Å². The van der Waals surface area contributed by atoms with E-state index in [0.717, 1.165) is 36.8 Å². The lowest BCUT2D eigenvalue weighted by Crippen LogP contribution is -2.43. The quantitative estimate of drug-likeness (QED) is 0.485. The second-order valence-electron chi connectivity index (χ2n) is 8.04. The van der Waals surface area contributed by atoms with Crippen molar-refractivity contribution in [1.82, 2.24) is 9.88 Å². The van der Waals surface area contributed by atoms with E-state index in [1.807, 2.05) is 24.3 Å². The van der Waals surface area contributed by atoms with E-state index in [0.29, 0.717) is 18.2 Å². The van der Waals surface area contributed by atoms with Crippen LogP contribution in [0.1, 0.15) is 30.7 Å². The maximum absolute atomic E-state index is 11.8. The number of nitrogens with one attached hydrogen (secondary N) is 1. The number of nitrogens with zero attached hydrogens (tertiary/aromatic N) is 1. The Hall–Kier alpha value is -3.32. The molecule has 3 heterocycles. The maximum Gasteiger partial charge on any atom is 0.423 e. The minimum atomic E-state index is -1.74. The molecule has 0 radical (unpaired) electrons. The zero-order valence-electron chi connectivity index (χ0n) is 17.1. The van der Waals surface area contributed by atoms with Crippen molar-refractivity contribution < 1.29 is 23.8 Å². The lowest BCUT2D eigenvalue weighted by Gasteiger charge is -2.34. The van der Waals surface area contributed by atoms with Gasteiger partial charge in [-0.05, 0) is 55.6 Å². The molecule has 31 heavy (non-hydrogen) atoms. The average molecular weight is 420 g/mol. The van der Waals surface area contributed by atoms with Crippen molar-refractivity contribution in [3.05, 3.63) is 66.4 Å². The van der Waals surface area contributed by atoms with Crippen molar-refractivity contribution in [2.24, 2.45) is 0 Å². The van der Waals surface area contributed by atoms with Crippen molar-refractivity contribution in [3.8, 4) is 5.75 Å². The van der Waals surface area contributed by atoms with Crippen molar-refractivity contribution in [2.45, 2.75) is 31.2 Å². The lowest BCUT2D eigenvalue weighted by atomic mass is 9.89. The predicted octanol–water partition coefficient (Wildman–Crippen LogP) is 3.57. The minimum Gasteiger partial charge on any atom is -0.420 e. The number of piperidine rings is 1. The smallest absolute Gasteiger partial charge is 0.420 e. The van der Waals surface area contributed by atoms with Gasteiger partial charge in [0, 0.05) is 23.6 Å². The van der Waals surface area contributed by atoms with Gasteiger partial charge in [-0.15, -0.1) is 0 Å². The van der Waals surface area contributed by atoms with Crippen LogP contribution in [0.5, 0.6) is 5.75 Å².